The number of carbonyl (C=O) groups is 3. The molecule has 1 spiro atoms. The number of benzene rings is 2. The standard InChI is InChI=1S/C37H38FN7O4.H2/c1-36(2,3)49-35(48)44-20-37(21-44)18-43(19-37)25-11-9-23(10-12-25)24-15-26-27(28(38)16-24)17-45(34(26)47)32(31-29-7-6-14-42(29)22-40-31)33(46)41-30-8-4-5-13-39-30;/h4-5,8-13,15-16,22,32H,6-7,14,17-21H2,1-3H3,(H,39,41,46);1H. The van der Waals surface area contributed by atoms with Gasteiger partial charge in [0.05, 0.1) is 18.6 Å². The number of halogens is 1. The van der Waals surface area contributed by atoms with Crippen LogP contribution in [0.25, 0.3) is 11.1 Å². The molecular formula is C37H40FN7O4. The number of hydrogen-bond donors (Lipinski definition) is 1. The van der Waals surface area contributed by atoms with E-state index in [1.807, 2.05) is 49.6 Å². The number of amides is 3. The molecule has 4 aromatic rings. The maximum absolute atomic E-state index is 15.8. The summed E-state index contributed by atoms with van der Waals surface area (Å²) in [5.74, 6) is -0.995. The quantitative estimate of drug-likeness (QED) is 0.283. The number of nitrogens with zero attached hydrogens (tertiary/aromatic N) is 6. The first kappa shape index (κ1) is 31.0. The molecule has 0 aliphatic carbocycles. The van der Waals surface area contributed by atoms with Gasteiger partial charge >= 0.3 is 6.09 Å². The molecule has 1 atom stereocenters. The lowest BCUT2D eigenvalue weighted by Crippen LogP contribution is -2.73. The number of likely N-dealkylation sites (tertiary alicyclic amines) is 1. The Kier molecular flexibility index (Phi) is 7.23. The van der Waals surface area contributed by atoms with Crippen molar-refractivity contribution in [1.29, 1.82) is 0 Å². The lowest BCUT2D eigenvalue weighted by molar-refractivity contribution is -0.121. The van der Waals surface area contributed by atoms with E-state index in [-0.39, 0.29) is 30.6 Å². The van der Waals surface area contributed by atoms with Gasteiger partial charge in [-0.15, -0.1) is 0 Å². The van der Waals surface area contributed by atoms with Crippen LogP contribution in [0.3, 0.4) is 0 Å². The fraction of sp³-hybridized carbons (Fsp3) is 0.378. The number of fused-ring (bicyclic) bond motifs is 2. The van der Waals surface area contributed by atoms with Crippen LogP contribution >= 0.6 is 0 Å². The second kappa shape index (κ2) is 11.4. The summed E-state index contributed by atoms with van der Waals surface area (Å²) in [6.07, 6.45) is 4.69. The van der Waals surface area contributed by atoms with Gasteiger partial charge in [0.1, 0.15) is 17.2 Å². The highest BCUT2D eigenvalue weighted by atomic mass is 19.1. The molecule has 1 unspecified atom stereocenters. The van der Waals surface area contributed by atoms with Crippen molar-refractivity contribution in [2.24, 2.45) is 5.41 Å². The molecule has 12 heteroatoms. The Morgan fingerprint density at radius 2 is 1.80 bits per heavy atom. The van der Waals surface area contributed by atoms with Crippen molar-refractivity contribution in [2.45, 2.75) is 58.3 Å². The Bertz CT molecular complexity index is 1960. The van der Waals surface area contributed by atoms with E-state index >= 15 is 4.39 Å². The van der Waals surface area contributed by atoms with Crippen molar-refractivity contribution < 1.29 is 24.9 Å². The van der Waals surface area contributed by atoms with Gasteiger partial charge in [-0.1, -0.05) is 18.2 Å². The van der Waals surface area contributed by atoms with E-state index in [1.54, 1.807) is 41.7 Å². The summed E-state index contributed by atoms with van der Waals surface area (Å²) in [5, 5.41) is 2.84. The molecule has 8 rings (SSSR count). The Morgan fingerprint density at radius 1 is 1.02 bits per heavy atom. The van der Waals surface area contributed by atoms with Crippen LogP contribution in [0.1, 0.15) is 62.0 Å². The monoisotopic (exact) mass is 665 g/mol. The largest absolute Gasteiger partial charge is 0.444 e. The fourth-order valence-electron chi connectivity index (χ4n) is 7.57. The molecule has 254 valence electrons. The number of imidazole rings is 1. The molecule has 2 fully saturated rings. The minimum Gasteiger partial charge on any atom is -0.444 e. The van der Waals surface area contributed by atoms with Crippen molar-refractivity contribution >= 4 is 29.4 Å². The molecular weight excluding hydrogens is 625 g/mol. The highest BCUT2D eigenvalue weighted by molar-refractivity contribution is 6.04. The number of hydrogen-bond acceptors (Lipinski definition) is 7. The number of ether oxygens (including phenoxy) is 1. The van der Waals surface area contributed by atoms with Gasteiger partial charge in [-0.3, -0.25) is 9.59 Å². The van der Waals surface area contributed by atoms with Crippen LogP contribution < -0.4 is 10.2 Å². The number of aryl methyl sites for hydroxylation is 1. The minimum atomic E-state index is -1.05. The normalized spacial score (nSPS) is 18.1. The molecule has 2 saturated heterocycles. The maximum Gasteiger partial charge on any atom is 0.410 e. The molecule has 2 aromatic heterocycles. The highest BCUT2D eigenvalue weighted by Crippen LogP contribution is 2.43. The van der Waals surface area contributed by atoms with Crippen LogP contribution in [0, 0.1) is 11.2 Å². The lowest BCUT2D eigenvalue weighted by Gasteiger charge is -2.60. The van der Waals surface area contributed by atoms with E-state index in [0.717, 1.165) is 49.4 Å². The van der Waals surface area contributed by atoms with Crippen LogP contribution in [0.4, 0.5) is 20.7 Å². The van der Waals surface area contributed by atoms with Crippen molar-refractivity contribution in [2.75, 3.05) is 36.4 Å². The first-order chi connectivity index (χ1) is 23.5. The SMILES string of the molecule is CC(C)(C)OC(=O)N1CC2(C1)CN(c1ccc(-c3cc(F)c4c(c3)C(=O)N(C(C(=O)Nc3ccccn3)c3ncn5c3CCC5)C4)cc1)C2.[HH]. The predicted octanol–water partition coefficient (Wildman–Crippen LogP) is 5.67. The van der Waals surface area contributed by atoms with Gasteiger partial charge in [0.2, 0.25) is 0 Å². The van der Waals surface area contributed by atoms with Crippen LogP contribution in [0.5, 0.6) is 0 Å². The molecule has 0 radical (unpaired) electrons. The topological polar surface area (TPSA) is 113 Å². The van der Waals surface area contributed by atoms with Gasteiger partial charge in [0.15, 0.2) is 6.04 Å². The van der Waals surface area contributed by atoms with Crippen LogP contribution in [0.15, 0.2) is 67.1 Å². The zero-order valence-electron chi connectivity index (χ0n) is 27.8. The Hall–Kier alpha value is -5.26. The van der Waals surface area contributed by atoms with E-state index in [1.165, 1.54) is 11.0 Å². The Morgan fingerprint density at radius 3 is 2.51 bits per heavy atom. The average molecular weight is 666 g/mol. The third-order valence-corrected chi connectivity index (χ3v) is 9.86. The van der Waals surface area contributed by atoms with Crippen molar-refractivity contribution in [3.05, 3.63) is 95.5 Å². The predicted molar refractivity (Wildman–Crippen MR) is 182 cm³/mol. The van der Waals surface area contributed by atoms with Gasteiger partial charge in [0, 0.05) is 68.3 Å². The molecule has 1 N–H and O–H groups in total. The van der Waals surface area contributed by atoms with Crippen LogP contribution in [-0.4, -0.2) is 74.0 Å². The summed E-state index contributed by atoms with van der Waals surface area (Å²) in [7, 11) is 0. The van der Waals surface area contributed by atoms with Crippen molar-refractivity contribution in [3.63, 3.8) is 0 Å². The average Bonchev–Trinajstić information content (AvgIpc) is 3.73. The molecule has 4 aliphatic rings. The summed E-state index contributed by atoms with van der Waals surface area (Å²) in [6, 6.07) is 15.2. The molecule has 6 heterocycles. The number of rotatable bonds is 6. The minimum absolute atomic E-state index is 0. The summed E-state index contributed by atoms with van der Waals surface area (Å²) in [5.41, 5.74) is 3.93. The van der Waals surface area contributed by atoms with Crippen molar-refractivity contribution in [3.8, 4) is 11.1 Å². The molecule has 2 aromatic carbocycles. The summed E-state index contributed by atoms with van der Waals surface area (Å²) < 4.78 is 23.3. The summed E-state index contributed by atoms with van der Waals surface area (Å²) in [4.78, 5) is 54.5. The molecule has 0 saturated carbocycles. The highest BCUT2D eigenvalue weighted by Gasteiger charge is 2.54. The number of pyridine rings is 1. The van der Waals surface area contributed by atoms with Crippen molar-refractivity contribution in [1.82, 2.24) is 24.3 Å². The van der Waals surface area contributed by atoms with E-state index in [4.69, 9.17) is 4.74 Å². The number of anilines is 2. The van der Waals surface area contributed by atoms with Gasteiger partial charge in [0.25, 0.3) is 11.8 Å². The van der Waals surface area contributed by atoms with Gasteiger partial charge in [-0.2, -0.15) is 0 Å². The maximum atomic E-state index is 15.8. The van der Waals surface area contributed by atoms with E-state index in [9.17, 15) is 14.4 Å². The number of aromatic nitrogens is 3. The first-order valence-electron chi connectivity index (χ1n) is 16.7. The Balaban J connectivity index is 0.00000392. The van der Waals surface area contributed by atoms with Gasteiger partial charge in [-0.25, -0.2) is 19.2 Å². The van der Waals surface area contributed by atoms with E-state index in [0.29, 0.717) is 30.2 Å². The number of nitrogens with one attached hydrogen (secondary N) is 1. The molecule has 0 bridgehead atoms. The smallest absolute Gasteiger partial charge is 0.410 e. The van der Waals surface area contributed by atoms with Crippen LogP contribution in [-0.2, 0) is 29.0 Å². The van der Waals surface area contributed by atoms with E-state index < -0.39 is 29.3 Å². The molecule has 49 heavy (non-hydrogen) atoms. The summed E-state index contributed by atoms with van der Waals surface area (Å²) in [6.45, 7) is 9.42. The molecule has 11 nitrogen and oxygen atoms in total. The molecule has 4 aliphatic heterocycles. The third kappa shape index (κ3) is 5.58. The summed E-state index contributed by atoms with van der Waals surface area (Å²) >= 11 is 0. The fourth-order valence-corrected chi connectivity index (χ4v) is 7.57. The van der Waals surface area contributed by atoms with Gasteiger partial charge < -0.3 is 29.3 Å². The number of carbonyl (C=O) groups excluding carboxylic acids is 3. The van der Waals surface area contributed by atoms with Gasteiger partial charge in [-0.05, 0) is 81.1 Å². The third-order valence-electron chi connectivity index (χ3n) is 9.86. The second-order valence-electron chi connectivity index (χ2n) is 14.6. The van der Waals surface area contributed by atoms with Crippen LogP contribution in [0.2, 0.25) is 0 Å². The zero-order valence-corrected chi connectivity index (χ0v) is 27.8. The van der Waals surface area contributed by atoms with E-state index in [2.05, 4.69) is 20.2 Å². The Labute approximate surface area is 285 Å². The second-order valence-corrected chi connectivity index (χ2v) is 14.6. The first-order valence-corrected chi connectivity index (χ1v) is 16.7. The molecule has 3 amide bonds. The zero-order chi connectivity index (χ0) is 34.1. The lowest BCUT2D eigenvalue weighted by atomic mass is 9.73.